The van der Waals surface area contributed by atoms with Gasteiger partial charge in [-0.05, 0) is 48.5 Å². The lowest BCUT2D eigenvalue weighted by Gasteiger charge is -2.21. The number of amidine groups is 1. The molecule has 2 aliphatic heterocycles. The van der Waals surface area contributed by atoms with Gasteiger partial charge >= 0.3 is 6.03 Å². The summed E-state index contributed by atoms with van der Waals surface area (Å²) in [4.78, 5) is 36.5. The molecule has 0 saturated heterocycles. The second kappa shape index (κ2) is 10.4. The van der Waals surface area contributed by atoms with Crippen LogP contribution in [0.15, 0.2) is 58.5 Å². The van der Waals surface area contributed by atoms with Gasteiger partial charge in [-0.25, -0.2) is 4.79 Å². The SMILES string of the molecule is CN1CCN=C1c1ccc(NC(=O)C(CC2CNC=N2)NC(=O)Nc2ccc(Cl)cc2)cc1. The third-order valence-electron chi connectivity index (χ3n) is 5.43. The maximum atomic E-state index is 13.1. The minimum atomic E-state index is -0.774. The topological polar surface area (TPSA) is 110 Å². The first kappa shape index (κ1) is 22.6. The molecule has 2 unspecified atom stereocenters. The summed E-state index contributed by atoms with van der Waals surface area (Å²) >= 11 is 5.89. The molecule has 2 aromatic rings. The van der Waals surface area contributed by atoms with Crippen LogP contribution in [-0.2, 0) is 4.79 Å². The van der Waals surface area contributed by atoms with Gasteiger partial charge in [0.2, 0.25) is 5.91 Å². The van der Waals surface area contributed by atoms with Gasteiger partial charge in [0.25, 0.3) is 0 Å². The molecule has 2 atom stereocenters. The molecule has 0 bridgehead atoms. The molecule has 0 saturated carbocycles. The van der Waals surface area contributed by atoms with E-state index in [9.17, 15) is 9.59 Å². The Morgan fingerprint density at radius 3 is 2.45 bits per heavy atom. The molecule has 0 spiro atoms. The summed E-state index contributed by atoms with van der Waals surface area (Å²) in [5.41, 5.74) is 2.21. The van der Waals surface area contributed by atoms with Crippen molar-refractivity contribution in [2.45, 2.75) is 18.5 Å². The van der Waals surface area contributed by atoms with Crippen LogP contribution in [0.25, 0.3) is 0 Å². The van der Waals surface area contributed by atoms with Gasteiger partial charge in [-0.15, -0.1) is 0 Å². The van der Waals surface area contributed by atoms with E-state index in [0.29, 0.717) is 29.4 Å². The third-order valence-corrected chi connectivity index (χ3v) is 5.68. The number of benzene rings is 2. The summed E-state index contributed by atoms with van der Waals surface area (Å²) in [5.74, 6) is 0.629. The molecule has 0 aromatic heterocycles. The summed E-state index contributed by atoms with van der Waals surface area (Å²) < 4.78 is 0. The van der Waals surface area contributed by atoms with E-state index in [1.165, 1.54) is 0 Å². The lowest BCUT2D eigenvalue weighted by atomic mass is 10.1. The molecule has 2 aromatic carbocycles. The smallest absolute Gasteiger partial charge is 0.319 e. The van der Waals surface area contributed by atoms with Crippen LogP contribution in [0.2, 0.25) is 5.02 Å². The number of aliphatic imine (C=N–C) groups is 2. The molecule has 0 aliphatic carbocycles. The Morgan fingerprint density at radius 1 is 1.12 bits per heavy atom. The Hall–Kier alpha value is -3.59. The van der Waals surface area contributed by atoms with Gasteiger partial charge in [-0.2, -0.15) is 0 Å². The average molecular weight is 468 g/mol. The van der Waals surface area contributed by atoms with Crippen LogP contribution in [0.1, 0.15) is 12.0 Å². The number of anilines is 2. The largest absolute Gasteiger partial charge is 0.374 e. The Bertz CT molecular complexity index is 1050. The first-order valence-corrected chi connectivity index (χ1v) is 11.1. The third kappa shape index (κ3) is 6.01. The number of halogens is 1. The average Bonchev–Trinajstić information content (AvgIpc) is 3.47. The number of hydrogen-bond donors (Lipinski definition) is 4. The zero-order valence-corrected chi connectivity index (χ0v) is 19.0. The van der Waals surface area contributed by atoms with Crippen LogP contribution in [0.5, 0.6) is 0 Å². The molecule has 0 radical (unpaired) electrons. The molecular weight excluding hydrogens is 442 g/mol. The zero-order chi connectivity index (χ0) is 23.2. The van der Waals surface area contributed by atoms with Crippen molar-refractivity contribution in [2.24, 2.45) is 9.98 Å². The monoisotopic (exact) mass is 467 g/mol. The van der Waals surface area contributed by atoms with E-state index in [-0.39, 0.29) is 11.9 Å². The molecule has 172 valence electrons. The summed E-state index contributed by atoms with van der Waals surface area (Å²) in [6, 6.07) is 12.9. The summed E-state index contributed by atoms with van der Waals surface area (Å²) in [7, 11) is 2.01. The highest BCUT2D eigenvalue weighted by Crippen LogP contribution is 2.16. The lowest BCUT2D eigenvalue weighted by Crippen LogP contribution is -2.47. The first-order chi connectivity index (χ1) is 16.0. The second-order valence-electron chi connectivity index (χ2n) is 7.93. The molecule has 9 nitrogen and oxygen atoms in total. The van der Waals surface area contributed by atoms with Crippen LogP contribution >= 0.6 is 11.6 Å². The van der Waals surface area contributed by atoms with Gasteiger partial charge in [0, 0.05) is 48.5 Å². The van der Waals surface area contributed by atoms with E-state index in [4.69, 9.17) is 11.6 Å². The Labute approximate surface area is 197 Å². The number of carbonyl (C=O) groups is 2. The number of nitrogens with one attached hydrogen (secondary N) is 4. The summed E-state index contributed by atoms with van der Waals surface area (Å²) in [6.45, 7) is 2.31. The highest BCUT2D eigenvalue weighted by molar-refractivity contribution is 6.30. The normalized spacial score (nSPS) is 17.8. The maximum Gasteiger partial charge on any atom is 0.319 e. The van der Waals surface area contributed by atoms with Gasteiger partial charge in [-0.3, -0.25) is 14.8 Å². The van der Waals surface area contributed by atoms with Crippen molar-refractivity contribution in [1.82, 2.24) is 15.5 Å². The van der Waals surface area contributed by atoms with Crippen molar-refractivity contribution in [3.63, 3.8) is 0 Å². The standard InChI is InChI=1S/C23H26ClN7O2/c1-31-11-10-26-21(31)15-2-6-17(7-3-15)28-22(32)20(12-19-13-25-14-27-19)30-23(33)29-18-8-4-16(24)5-9-18/h2-9,14,19-20H,10-13H2,1H3,(H,25,27)(H,28,32)(H2,29,30,33). The molecule has 10 heteroatoms. The molecule has 3 amide bonds. The molecule has 2 heterocycles. The number of rotatable bonds is 7. The van der Waals surface area contributed by atoms with E-state index < -0.39 is 12.1 Å². The predicted molar refractivity (Wildman–Crippen MR) is 131 cm³/mol. The van der Waals surface area contributed by atoms with Crippen LogP contribution < -0.4 is 21.3 Å². The lowest BCUT2D eigenvalue weighted by molar-refractivity contribution is -0.118. The van der Waals surface area contributed by atoms with E-state index in [1.807, 2.05) is 31.3 Å². The van der Waals surface area contributed by atoms with Crippen molar-refractivity contribution >= 4 is 47.1 Å². The fourth-order valence-electron chi connectivity index (χ4n) is 3.68. The number of likely N-dealkylation sites (N-methyl/N-ethyl adjacent to an activating group) is 1. The van der Waals surface area contributed by atoms with Crippen LogP contribution in [0.4, 0.5) is 16.2 Å². The number of urea groups is 1. The fourth-order valence-corrected chi connectivity index (χ4v) is 3.81. The van der Waals surface area contributed by atoms with Gasteiger partial charge < -0.3 is 26.2 Å². The molecule has 0 fully saturated rings. The fraction of sp³-hybridized carbons (Fsp3) is 0.304. The van der Waals surface area contributed by atoms with E-state index in [2.05, 4.69) is 36.2 Å². The first-order valence-electron chi connectivity index (χ1n) is 10.7. The van der Waals surface area contributed by atoms with Crippen molar-refractivity contribution in [2.75, 3.05) is 37.3 Å². The Kier molecular flexibility index (Phi) is 7.09. The van der Waals surface area contributed by atoms with Crippen LogP contribution in [0, 0.1) is 0 Å². The number of hydrogen-bond acceptors (Lipinski definition) is 6. The molecule has 4 rings (SSSR count). The molecule has 2 aliphatic rings. The van der Waals surface area contributed by atoms with Gasteiger partial charge in [0.05, 0.1) is 18.9 Å². The van der Waals surface area contributed by atoms with Crippen LogP contribution in [0.3, 0.4) is 0 Å². The van der Waals surface area contributed by atoms with Gasteiger partial charge in [-0.1, -0.05) is 11.6 Å². The highest BCUT2D eigenvalue weighted by atomic mass is 35.5. The van der Waals surface area contributed by atoms with Crippen molar-refractivity contribution in [3.8, 4) is 0 Å². The Morgan fingerprint density at radius 2 is 1.82 bits per heavy atom. The van der Waals surface area contributed by atoms with E-state index in [1.54, 1.807) is 30.6 Å². The predicted octanol–water partition coefficient (Wildman–Crippen LogP) is 2.55. The van der Waals surface area contributed by atoms with Gasteiger partial charge in [0.15, 0.2) is 0 Å². The number of carbonyl (C=O) groups excluding carboxylic acids is 2. The highest BCUT2D eigenvalue weighted by Gasteiger charge is 2.26. The quantitative estimate of drug-likeness (QED) is 0.501. The van der Waals surface area contributed by atoms with Crippen molar-refractivity contribution in [3.05, 3.63) is 59.1 Å². The minimum absolute atomic E-state index is 0.102. The second-order valence-corrected chi connectivity index (χ2v) is 8.36. The molecule has 33 heavy (non-hydrogen) atoms. The van der Waals surface area contributed by atoms with Gasteiger partial charge in [0.1, 0.15) is 11.9 Å². The van der Waals surface area contributed by atoms with Crippen molar-refractivity contribution < 1.29 is 9.59 Å². The summed E-state index contributed by atoms with van der Waals surface area (Å²) in [5, 5.41) is 12.0. The Balaban J connectivity index is 1.41. The molecule has 4 N–H and O–H groups in total. The zero-order valence-electron chi connectivity index (χ0n) is 18.2. The van der Waals surface area contributed by atoms with Crippen LogP contribution in [-0.4, -0.2) is 67.8 Å². The van der Waals surface area contributed by atoms with Crippen molar-refractivity contribution in [1.29, 1.82) is 0 Å². The number of amides is 3. The molecular formula is C23H26ClN7O2. The minimum Gasteiger partial charge on any atom is -0.374 e. The van der Waals surface area contributed by atoms with E-state index in [0.717, 1.165) is 24.5 Å². The number of nitrogens with zero attached hydrogens (tertiary/aromatic N) is 3. The summed E-state index contributed by atoms with van der Waals surface area (Å²) in [6.07, 6.45) is 1.98. The van der Waals surface area contributed by atoms with E-state index >= 15 is 0 Å². The maximum absolute atomic E-state index is 13.1.